The molecule has 0 amide bonds. The van der Waals surface area contributed by atoms with Gasteiger partial charge in [-0.1, -0.05) is 29.3 Å². The lowest BCUT2D eigenvalue weighted by Gasteiger charge is -2.12. The van der Waals surface area contributed by atoms with Crippen molar-refractivity contribution in [3.63, 3.8) is 0 Å². The Morgan fingerprint density at radius 3 is 2.10 bits per heavy atom. The minimum absolute atomic E-state index is 0.147. The molecule has 2 rings (SSSR count). The molecule has 1 nitrogen and oxygen atoms in total. The van der Waals surface area contributed by atoms with Crippen molar-refractivity contribution in [3.05, 3.63) is 68.7 Å². The molecule has 20 heavy (non-hydrogen) atoms. The summed E-state index contributed by atoms with van der Waals surface area (Å²) in [5.74, 6) is 0.147. The maximum Gasteiger partial charge on any atom is 0.167 e. The molecule has 2 aromatic rings. The van der Waals surface area contributed by atoms with Crippen LogP contribution in [0.5, 0.6) is 0 Å². The molecule has 0 N–H and O–H groups in total. The summed E-state index contributed by atoms with van der Waals surface area (Å²) < 4.78 is 0. The molecule has 0 aliphatic rings. The van der Waals surface area contributed by atoms with Gasteiger partial charge in [-0.3, -0.25) is 4.79 Å². The highest BCUT2D eigenvalue weighted by atomic mass is 35.5. The standard InChI is InChI=1S/C18H19ClO/c1-11-7-12(2)17(13(3)8-11)10-18(20)16-6-5-15(19)9-14(16)4/h5-9H,10H2,1-4H3. The first-order valence-corrected chi connectivity index (χ1v) is 7.12. The lowest BCUT2D eigenvalue weighted by atomic mass is 9.92. The number of carbonyl (C=O) groups excluding carboxylic acids is 1. The van der Waals surface area contributed by atoms with Crippen molar-refractivity contribution >= 4 is 17.4 Å². The van der Waals surface area contributed by atoms with Crippen molar-refractivity contribution in [1.82, 2.24) is 0 Å². The maximum absolute atomic E-state index is 12.5. The molecule has 0 aliphatic heterocycles. The molecule has 0 spiro atoms. The largest absolute Gasteiger partial charge is 0.294 e. The summed E-state index contributed by atoms with van der Waals surface area (Å²) >= 11 is 5.94. The number of ketones is 1. The molecule has 2 aromatic carbocycles. The zero-order valence-corrected chi connectivity index (χ0v) is 13.1. The van der Waals surface area contributed by atoms with E-state index in [4.69, 9.17) is 11.6 Å². The summed E-state index contributed by atoms with van der Waals surface area (Å²) in [6.07, 6.45) is 0.445. The van der Waals surface area contributed by atoms with E-state index in [1.807, 2.05) is 19.1 Å². The van der Waals surface area contributed by atoms with Crippen LogP contribution in [0.25, 0.3) is 0 Å². The Morgan fingerprint density at radius 1 is 0.950 bits per heavy atom. The minimum atomic E-state index is 0.147. The number of aryl methyl sites for hydroxylation is 4. The van der Waals surface area contributed by atoms with Gasteiger partial charge in [-0.05, 0) is 68.1 Å². The van der Waals surface area contributed by atoms with Gasteiger partial charge in [-0.15, -0.1) is 0 Å². The highest BCUT2D eigenvalue weighted by molar-refractivity contribution is 6.30. The van der Waals surface area contributed by atoms with Crippen molar-refractivity contribution in [2.24, 2.45) is 0 Å². The van der Waals surface area contributed by atoms with Gasteiger partial charge in [0.15, 0.2) is 5.78 Å². The van der Waals surface area contributed by atoms with E-state index in [1.165, 1.54) is 16.7 Å². The van der Waals surface area contributed by atoms with Crippen molar-refractivity contribution in [2.75, 3.05) is 0 Å². The van der Waals surface area contributed by atoms with E-state index in [-0.39, 0.29) is 5.78 Å². The predicted molar refractivity (Wildman–Crippen MR) is 84.9 cm³/mol. The fourth-order valence-electron chi connectivity index (χ4n) is 2.68. The molecule has 0 atom stereocenters. The van der Waals surface area contributed by atoms with Crippen LogP contribution in [0.15, 0.2) is 30.3 Å². The van der Waals surface area contributed by atoms with Gasteiger partial charge >= 0.3 is 0 Å². The van der Waals surface area contributed by atoms with Crippen LogP contribution >= 0.6 is 11.6 Å². The minimum Gasteiger partial charge on any atom is -0.294 e. The lowest BCUT2D eigenvalue weighted by Crippen LogP contribution is -2.08. The van der Waals surface area contributed by atoms with Crippen LogP contribution in [-0.4, -0.2) is 5.78 Å². The molecule has 2 heteroatoms. The van der Waals surface area contributed by atoms with E-state index < -0.39 is 0 Å². The van der Waals surface area contributed by atoms with Crippen LogP contribution in [0.4, 0.5) is 0 Å². The summed E-state index contributed by atoms with van der Waals surface area (Å²) in [5, 5.41) is 0.668. The van der Waals surface area contributed by atoms with Gasteiger partial charge in [0, 0.05) is 17.0 Å². The molecule has 0 saturated carbocycles. The Kier molecular flexibility index (Phi) is 4.29. The smallest absolute Gasteiger partial charge is 0.167 e. The number of carbonyl (C=O) groups is 1. The van der Waals surface area contributed by atoms with E-state index in [9.17, 15) is 4.79 Å². The first-order chi connectivity index (χ1) is 9.38. The van der Waals surface area contributed by atoms with Crippen molar-refractivity contribution in [2.45, 2.75) is 34.1 Å². The second-order valence-electron chi connectivity index (χ2n) is 5.44. The highest BCUT2D eigenvalue weighted by Gasteiger charge is 2.13. The Hall–Kier alpha value is -1.60. The lowest BCUT2D eigenvalue weighted by molar-refractivity contribution is 0.0992. The second-order valence-corrected chi connectivity index (χ2v) is 5.87. The fraction of sp³-hybridized carbons (Fsp3) is 0.278. The van der Waals surface area contributed by atoms with Crippen LogP contribution in [0.3, 0.4) is 0 Å². The number of hydrogen-bond acceptors (Lipinski definition) is 1. The molecule has 0 bridgehead atoms. The van der Waals surface area contributed by atoms with E-state index >= 15 is 0 Å². The molecular formula is C18H19ClO. The van der Waals surface area contributed by atoms with Crippen LogP contribution in [0, 0.1) is 27.7 Å². The van der Waals surface area contributed by atoms with Crippen molar-refractivity contribution in [1.29, 1.82) is 0 Å². The van der Waals surface area contributed by atoms with Crippen molar-refractivity contribution in [3.8, 4) is 0 Å². The average molecular weight is 287 g/mol. The highest BCUT2D eigenvalue weighted by Crippen LogP contribution is 2.21. The fourth-order valence-corrected chi connectivity index (χ4v) is 2.91. The molecule has 0 heterocycles. The second kappa shape index (κ2) is 5.80. The van der Waals surface area contributed by atoms with Gasteiger partial charge in [0.05, 0.1) is 0 Å². The topological polar surface area (TPSA) is 17.1 Å². The number of halogens is 1. The van der Waals surface area contributed by atoms with E-state index in [2.05, 4.69) is 32.9 Å². The third-order valence-corrected chi connectivity index (χ3v) is 3.90. The Morgan fingerprint density at radius 2 is 1.55 bits per heavy atom. The molecular weight excluding hydrogens is 268 g/mol. The van der Waals surface area contributed by atoms with Gasteiger partial charge in [0.25, 0.3) is 0 Å². The number of Topliss-reactive ketones (excluding diaryl/α,β-unsaturated/α-hetero) is 1. The zero-order valence-electron chi connectivity index (χ0n) is 12.4. The summed E-state index contributed by atoms with van der Waals surface area (Å²) in [6, 6.07) is 9.69. The molecule has 0 fully saturated rings. The third-order valence-electron chi connectivity index (χ3n) is 3.67. The van der Waals surface area contributed by atoms with Crippen LogP contribution in [0.1, 0.15) is 38.2 Å². The van der Waals surface area contributed by atoms with Crippen LogP contribution in [0.2, 0.25) is 5.02 Å². The maximum atomic E-state index is 12.5. The molecule has 0 saturated heterocycles. The molecule has 0 unspecified atom stereocenters. The Bertz CT molecular complexity index is 648. The summed E-state index contributed by atoms with van der Waals surface area (Å²) in [6.45, 7) is 8.14. The Balaban J connectivity index is 2.33. The molecule has 0 aliphatic carbocycles. The number of benzene rings is 2. The first kappa shape index (κ1) is 14.8. The van der Waals surface area contributed by atoms with Gasteiger partial charge in [0.2, 0.25) is 0 Å². The van der Waals surface area contributed by atoms with Crippen LogP contribution < -0.4 is 0 Å². The monoisotopic (exact) mass is 286 g/mol. The van der Waals surface area contributed by atoms with Gasteiger partial charge in [-0.25, -0.2) is 0 Å². The van der Waals surface area contributed by atoms with Gasteiger partial charge in [0.1, 0.15) is 0 Å². The molecule has 0 radical (unpaired) electrons. The third kappa shape index (κ3) is 3.10. The summed E-state index contributed by atoms with van der Waals surface area (Å²) in [4.78, 5) is 12.5. The average Bonchev–Trinajstić information content (AvgIpc) is 2.33. The quantitative estimate of drug-likeness (QED) is 0.726. The van der Waals surface area contributed by atoms with Crippen LogP contribution in [-0.2, 0) is 6.42 Å². The zero-order chi connectivity index (χ0) is 14.9. The molecule has 104 valence electrons. The summed E-state index contributed by atoms with van der Waals surface area (Å²) in [5.41, 5.74) is 6.43. The predicted octanol–water partition coefficient (Wildman–Crippen LogP) is 5.00. The summed E-state index contributed by atoms with van der Waals surface area (Å²) in [7, 11) is 0. The SMILES string of the molecule is Cc1cc(C)c(CC(=O)c2ccc(Cl)cc2C)c(C)c1. The van der Waals surface area contributed by atoms with Crippen molar-refractivity contribution < 1.29 is 4.79 Å². The van der Waals surface area contributed by atoms with E-state index in [1.54, 1.807) is 6.07 Å². The Labute approximate surface area is 125 Å². The first-order valence-electron chi connectivity index (χ1n) is 6.74. The molecule has 0 aromatic heterocycles. The van der Waals surface area contributed by atoms with E-state index in [0.717, 1.165) is 16.7 Å². The number of hydrogen-bond donors (Lipinski definition) is 0. The number of rotatable bonds is 3. The normalized spacial score (nSPS) is 10.7. The van der Waals surface area contributed by atoms with E-state index in [0.29, 0.717) is 11.4 Å². The van der Waals surface area contributed by atoms with Gasteiger partial charge in [-0.2, -0.15) is 0 Å². The van der Waals surface area contributed by atoms with Gasteiger partial charge < -0.3 is 0 Å².